The highest BCUT2D eigenvalue weighted by Crippen LogP contribution is 2.26. The van der Waals surface area contributed by atoms with Crippen molar-refractivity contribution in [3.8, 4) is 0 Å². The molecule has 72 valence electrons. The van der Waals surface area contributed by atoms with E-state index in [1.807, 2.05) is 0 Å². The third kappa shape index (κ3) is 1.63. The van der Waals surface area contributed by atoms with Crippen molar-refractivity contribution < 1.29 is 28.5 Å². The van der Waals surface area contributed by atoms with Gasteiger partial charge in [0, 0.05) is 0 Å². The van der Waals surface area contributed by atoms with Crippen LogP contribution in [0, 0.1) is 0 Å². The molecule has 0 amide bonds. The Morgan fingerprint density at radius 2 is 1.38 bits per heavy atom. The molecule has 0 radical (unpaired) electrons. The van der Waals surface area contributed by atoms with Gasteiger partial charge >= 0.3 is 18.1 Å². The Morgan fingerprint density at radius 3 is 1.77 bits per heavy atom. The van der Waals surface area contributed by atoms with E-state index in [9.17, 15) is 9.59 Å². The van der Waals surface area contributed by atoms with Crippen molar-refractivity contribution in [3.63, 3.8) is 0 Å². The fourth-order valence-corrected chi connectivity index (χ4v) is 1.08. The second kappa shape index (κ2) is 2.97. The zero-order chi connectivity index (χ0) is 9.31. The zero-order valence-corrected chi connectivity index (χ0v) is 6.78. The Labute approximate surface area is 73.7 Å². The van der Waals surface area contributed by atoms with Crippen molar-refractivity contribution in [2.24, 2.45) is 0 Å². The Hall–Kier alpha value is -1.14. The number of carbonyl (C=O) groups excluding carboxylic acids is 2. The van der Waals surface area contributed by atoms with E-state index < -0.39 is 18.1 Å². The lowest BCUT2D eigenvalue weighted by atomic mass is 10.4. The molecule has 0 aromatic rings. The van der Waals surface area contributed by atoms with E-state index in [1.165, 1.54) is 0 Å². The molecular weight excluding hydrogens is 180 g/mol. The van der Waals surface area contributed by atoms with Crippen molar-refractivity contribution in [1.82, 2.24) is 0 Å². The van der Waals surface area contributed by atoms with Gasteiger partial charge in [-0.15, -0.1) is 0 Å². The quantitative estimate of drug-likeness (QED) is 0.478. The first-order valence-corrected chi connectivity index (χ1v) is 3.92. The summed E-state index contributed by atoms with van der Waals surface area (Å²) in [4.78, 5) is 21.7. The summed E-state index contributed by atoms with van der Waals surface area (Å²) in [5.74, 6) is -0.998. The highest BCUT2D eigenvalue weighted by atomic mass is 17.0. The minimum absolute atomic E-state index is 0.131. The van der Waals surface area contributed by atoms with Gasteiger partial charge in [0.25, 0.3) is 0 Å². The fourth-order valence-electron chi connectivity index (χ4n) is 1.08. The Morgan fingerprint density at radius 1 is 0.923 bits per heavy atom. The molecule has 0 aromatic carbocycles. The lowest BCUT2D eigenvalue weighted by Gasteiger charge is -2.35. The number of esters is 2. The van der Waals surface area contributed by atoms with Gasteiger partial charge in [-0.05, 0) is 0 Å². The van der Waals surface area contributed by atoms with Gasteiger partial charge < -0.3 is 9.47 Å². The molecule has 0 aliphatic carbocycles. The molecular formula is C7H8O6. The highest BCUT2D eigenvalue weighted by Gasteiger charge is 2.48. The Balaban J connectivity index is 2.09. The van der Waals surface area contributed by atoms with Gasteiger partial charge in [-0.1, -0.05) is 0 Å². The molecule has 2 heterocycles. The van der Waals surface area contributed by atoms with E-state index in [-0.39, 0.29) is 26.1 Å². The van der Waals surface area contributed by atoms with Crippen molar-refractivity contribution in [2.75, 3.05) is 13.2 Å². The molecule has 6 nitrogen and oxygen atoms in total. The van der Waals surface area contributed by atoms with E-state index in [0.29, 0.717) is 0 Å². The summed E-state index contributed by atoms with van der Waals surface area (Å²) >= 11 is 0. The largest absolute Gasteiger partial charge is 0.514 e. The number of carbonyl (C=O) groups is 2. The second-order valence-electron chi connectivity index (χ2n) is 2.65. The first-order chi connectivity index (χ1) is 6.20. The van der Waals surface area contributed by atoms with Crippen molar-refractivity contribution >= 4 is 11.9 Å². The molecule has 2 aliphatic rings. The van der Waals surface area contributed by atoms with Crippen LogP contribution in [0.25, 0.3) is 0 Å². The topological polar surface area (TPSA) is 71.1 Å². The maximum absolute atomic E-state index is 10.9. The highest BCUT2D eigenvalue weighted by molar-refractivity contribution is 5.72. The smallest absolute Gasteiger partial charge is 0.373 e. The predicted molar refractivity (Wildman–Crippen MR) is 36.1 cm³/mol. The molecule has 13 heavy (non-hydrogen) atoms. The van der Waals surface area contributed by atoms with E-state index >= 15 is 0 Å². The standard InChI is InChI=1S/C7H8O6/c8-5-1-3-10-7(12-5)11-4-2-6(9)13-7/h1-4H2. The van der Waals surface area contributed by atoms with Crippen LogP contribution >= 0.6 is 0 Å². The number of ether oxygens (including phenoxy) is 4. The second-order valence-corrected chi connectivity index (χ2v) is 2.65. The molecule has 6 heteroatoms. The maximum atomic E-state index is 10.9. The van der Waals surface area contributed by atoms with Gasteiger partial charge in [-0.2, -0.15) is 0 Å². The number of hydrogen-bond donors (Lipinski definition) is 0. The summed E-state index contributed by atoms with van der Waals surface area (Å²) in [6, 6.07) is 0. The fraction of sp³-hybridized carbons (Fsp3) is 0.714. The van der Waals surface area contributed by atoms with Gasteiger partial charge in [0.1, 0.15) is 0 Å². The van der Waals surface area contributed by atoms with Gasteiger partial charge in [0.2, 0.25) is 0 Å². The van der Waals surface area contributed by atoms with Crippen LogP contribution in [0.3, 0.4) is 0 Å². The van der Waals surface area contributed by atoms with E-state index in [4.69, 9.17) is 9.47 Å². The SMILES string of the molecule is O=C1CCOC2(OCCC(=O)O2)O1. The van der Waals surface area contributed by atoms with Crippen LogP contribution in [0.5, 0.6) is 0 Å². The van der Waals surface area contributed by atoms with Crippen molar-refractivity contribution in [1.29, 1.82) is 0 Å². The predicted octanol–water partition coefficient (Wildman–Crippen LogP) is -0.475. The third-order valence-electron chi connectivity index (χ3n) is 1.65. The van der Waals surface area contributed by atoms with E-state index in [2.05, 4.69) is 9.47 Å². The molecule has 0 N–H and O–H groups in total. The maximum Gasteiger partial charge on any atom is 0.514 e. The van der Waals surface area contributed by atoms with Gasteiger partial charge in [0.15, 0.2) is 0 Å². The third-order valence-corrected chi connectivity index (χ3v) is 1.65. The molecule has 0 bridgehead atoms. The Kier molecular flexibility index (Phi) is 1.93. The van der Waals surface area contributed by atoms with Crippen LogP contribution in [0.2, 0.25) is 0 Å². The molecule has 0 aromatic heterocycles. The van der Waals surface area contributed by atoms with Crippen molar-refractivity contribution in [2.45, 2.75) is 19.0 Å². The number of hydrogen-bond acceptors (Lipinski definition) is 6. The van der Waals surface area contributed by atoms with Crippen molar-refractivity contribution in [3.05, 3.63) is 0 Å². The molecule has 2 rings (SSSR count). The lowest BCUT2D eigenvalue weighted by Crippen LogP contribution is -2.51. The first kappa shape index (κ1) is 8.46. The lowest BCUT2D eigenvalue weighted by molar-refractivity contribution is -0.483. The summed E-state index contributed by atoms with van der Waals surface area (Å²) in [6.45, 7) is 0.262. The zero-order valence-electron chi connectivity index (χ0n) is 6.78. The van der Waals surface area contributed by atoms with Crippen LogP contribution < -0.4 is 0 Å². The summed E-state index contributed by atoms with van der Waals surface area (Å²) in [7, 11) is 0. The van der Waals surface area contributed by atoms with Crippen LogP contribution in [-0.2, 0) is 28.5 Å². The molecule has 2 aliphatic heterocycles. The van der Waals surface area contributed by atoms with Crippen LogP contribution in [0.15, 0.2) is 0 Å². The van der Waals surface area contributed by atoms with Gasteiger partial charge in [-0.25, -0.2) is 0 Å². The minimum Gasteiger partial charge on any atom is -0.373 e. The normalized spacial score (nSPS) is 26.8. The first-order valence-electron chi connectivity index (χ1n) is 3.92. The monoisotopic (exact) mass is 188 g/mol. The summed E-state index contributed by atoms with van der Waals surface area (Å²) in [6.07, 6.45) is -1.62. The molecule has 0 saturated carbocycles. The molecule has 2 fully saturated rings. The van der Waals surface area contributed by atoms with Crippen LogP contribution in [0.4, 0.5) is 0 Å². The van der Waals surface area contributed by atoms with E-state index in [0.717, 1.165) is 0 Å². The molecule has 0 unspecified atom stereocenters. The Bertz CT molecular complexity index is 221. The average molecular weight is 188 g/mol. The van der Waals surface area contributed by atoms with Crippen LogP contribution in [0.1, 0.15) is 12.8 Å². The summed E-state index contributed by atoms with van der Waals surface area (Å²) in [5.41, 5.74) is 0. The molecule has 1 spiro atoms. The average Bonchev–Trinajstić information content (AvgIpc) is 2.02. The molecule has 2 saturated heterocycles. The summed E-state index contributed by atoms with van der Waals surface area (Å²) in [5, 5.41) is 0. The van der Waals surface area contributed by atoms with Gasteiger partial charge in [0.05, 0.1) is 26.1 Å². The summed E-state index contributed by atoms with van der Waals surface area (Å²) < 4.78 is 19.2. The van der Waals surface area contributed by atoms with Crippen LogP contribution in [-0.4, -0.2) is 31.3 Å². The minimum atomic E-state index is -1.90. The van der Waals surface area contributed by atoms with Gasteiger partial charge in [-0.3, -0.25) is 19.1 Å². The van der Waals surface area contributed by atoms with E-state index in [1.54, 1.807) is 0 Å². The number of rotatable bonds is 0. The molecule has 0 atom stereocenters.